The van der Waals surface area contributed by atoms with E-state index in [1.165, 1.54) is 12.3 Å². The summed E-state index contributed by atoms with van der Waals surface area (Å²) in [5.41, 5.74) is 2.95. The third-order valence-electron chi connectivity index (χ3n) is 3.04. The maximum Gasteiger partial charge on any atom is 0.287 e. The Balaban J connectivity index is 2.06. The minimum Gasteiger partial charge on any atom is -0.380 e. The number of methoxy groups -OCH3 is 1. The van der Waals surface area contributed by atoms with Gasteiger partial charge in [0.25, 0.3) is 5.69 Å². The first-order valence-electron chi connectivity index (χ1n) is 6.52. The number of nitrogens with zero attached hydrogens (tertiary/aromatic N) is 2. The number of aromatic nitrogens is 1. The summed E-state index contributed by atoms with van der Waals surface area (Å²) in [6.07, 6.45) is 1.26. The number of nitro groups is 1. The number of ether oxygens (including phenoxy) is 1. The van der Waals surface area contributed by atoms with Crippen molar-refractivity contribution in [2.75, 3.05) is 12.4 Å². The Morgan fingerprint density at radius 2 is 2.10 bits per heavy atom. The SMILES string of the molecule is COCc1cccc(CNc2ncc([N+](=O)[O-])cc2C)c1. The van der Waals surface area contributed by atoms with Gasteiger partial charge in [0.15, 0.2) is 0 Å². The van der Waals surface area contributed by atoms with Gasteiger partial charge >= 0.3 is 0 Å². The first kappa shape index (κ1) is 14.9. The lowest BCUT2D eigenvalue weighted by Gasteiger charge is -2.09. The zero-order chi connectivity index (χ0) is 15.2. The van der Waals surface area contributed by atoms with Crippen molar-refractivity contribution >= 4 is 11.5 Å². The van der Waals surface area contributed by atoms with Crippen LogP contribution in [0.5, 0.6) is 0 Å². The number of pyridine rings is 1. The van der Waals surface area contributed by atoms with Crippen molar-refractivity contribution in [1.82, 2.24) is 4.98 Å². The van der Waals surface area contributed by atoms with Crippen LogP contribution in [0.3, 0.4) is 0 Å². The minimum atomic E-state index is -0.446. The lowest BCUT2D eigenvalue weighted by Crippen LogP contribution is -2.04. The molecule has 1 heterocycles. The fourth-order valence-corrected chi connectivity index (χ4v) is 2.03. The Bertz CT molecular complexity index is 644. The second kappa shape index (κ2) is 6.81. The van der Waals surface area contributed by atoms with E-state index in [1.54, 1.807) is 14.0 Å². The molecule has 110 valence electrons. The number of aryl methyl sites for hydroxylation is 1. The lowest BCUT2D eigenvalue weighted by atomic mass is 10.1. The van der Waals surface area contributed by atoms with E-state index >= 15 is 0 Å². The average Bonchev–Trinajstić information content (AvgIpc) is 2.46. The van der Waals surface area contributed by atoms with Crippen molar-refractivity contribution in [3.8, 4) is 0 Å². The number of benzene rings is 1. The van der Waals surface area contributed by atoms with E-state index in [-0.39, 0.29) is 5.69 Å². The van der Waals surface area contributed by atoms with Crippen LogP contribution in [-0.2, 0) is 17.9 Å². The van der Waals surface area contributed by atoms with Crippen molar-refractivity contribution in [1.29, 1.82) is 0 Å². The van der Waals surface area contributed by atoms with Crippen LogP contribution in [-0.4, -0.2) is 17.0 Å². The zero-order valence-corrected chi connectivity index (χ0v) is 12.0. The smallest absolute Gasteiger partial charge is 0.287 e. The van der Waals surface area contributed by atoms with Gasteiger partial charge in [-0.3, -0.25) is 10.1 Å². The topological polar surface area (TPSA) is 77.3 Å². The third-order valence-corrected chi connectivity index (χ3v) is 3.04. The standard InChI is InChI=1S/C15H17N3O3/c1-11-6-14(18(19)20)9-17-15(11)16-8-12-4-3-5-13(7-12)10-21-2/h3-7,9H,8,10H2,1-2H3,(H,16,17). The molecule has 2 rings (SSSR count). The van der Waals surface area contributed by atoms with Gasteiger partial charge in [0.2, 0.25) is 0 Å². The fraction of sp³-hybridized carbons (Fsp3) is 0.267. The molecule has 1 aromatic carbocycles. The Labute approximate surface area is 122 Å². The van der Waals surface area contributed by atoms with Crippen molar-refractivity contribution in [3.05, 3.63) is 63.3 Å². The monoisotopic (exact) mass is 287 g/mol. The van der Waals surface area contributed by atoms with E-state index < -0.39 is 4.92 Å². The number of rotatable bonds is 6. The maximum atomic E-state index is 10.7. The van der Waals surface area contributed by atoms with Crippen LogP contribution in [0.2, 0.25) is 0 Å². The Morgan fingerprint density at radius 3 is 2.76 bits per heavy atom. The quantitative estimate of drug-likeness (QED) is 0.652. The Hall–Kier alpha value is -2.47. The van der Waals surface area contributed by atoms with Crippen molar-refractivity contribution in [2.45, 2.75) is 20.1 Å². The second-order valence-corrected chi connectivity index (χ2v) is 4.72. The minimum absolute atomic E-state index is 0.000131. The molecule has 1 aromatic heterocycles. The van der Waals surface area contributed by atoms with Gasteiger partial charge in [0.1, 0.15) is 12.0 Å². The van der Waals surface area contributed by atoms with Gasteiger partial charge in [0.05, 0.1) is 11.5 Å². The normalized spacial score (nSPS) is 10.4. The number of hydrogen-bond acceptors (Lipinski definition) is 5. The molecule has 6 nitrogen and oxygen atoms in total. The summed E-state index contributed by atoms with van der Waals surface area (Å²) in [6.45, 7) is 2.97. The number of anilines is 1. The predicted molar refractivity (Wildman–Crippen MR) is 80.1 cm³/mol. The molecule has 0 aliphatic rings. The highest BCUT2D eigenvalue weighted by Gasteiger charge is 2.09. The zero-order valence-electron chi connectivity index (χ0n) is 12.0. The summed E-state index contributed by atoms with van der Waals surface area (Å²) in [7, 11) is 1.66. The number of hydrogen-bond donors (Lipinski definition) is 1. The van der Waals surface area contributed by atoms with E-state index in [1.807, 2.05) is 18.2 Å². The largest absolute Gasteiger partial charge is 0.380 e. The first-order valence-corrected chi connectivity index (χ1v) is 6.52. The van der Waals surface area contributed by atoms with Crippen molar-refractivity contribution in [3.63, 3.8) is 0 Å². The summed E-state index contributed by atoms with van der Waals surface area (Å²) in [4.78, 5) is 14.3. The molecule has 0 radical (unpaired) electrons. The van der Waals surface area contributed by atoms with Crippen LogP contribution >= 0.6 is 0 Å². The van der Waals surface area contributed by atoms with Gasteiger partial charge < -0.3 is 10.1 Å². The molecular weight excluding hydrogens is 270 g/mol. The molecule has 0 unspecified atom stereocenters. The highest BCUT2D eigenvalue weighted by Crippen LogP contribution is 2.18. The lowest BCUT2D eigenvalue weighted by molar-refractivity contribution is -0.385. The van der Waals surface area contributed by atoms with E-state index in [4.69, 9.17) is 4.74 Å². The predicted octanol–water partition coefficient (Wildman–Crippen LogP) is 3.06. The molecule has 0 spiro atoms. The summed E-state index contributed by atoms with van der Waals surface area (Å²) in [5, 5.41) is 13.9. The molecule has 0 bridgehead atoms. The maximum absolute atomic E-state index is 10.7. The van der Waals surface area contributed by atoms with Crippen LogP contribution in [0, 0.1) is 17.0 Å². The molecule has 0 aliphatic heterocycles. The fourth-order valence-electron chi connectivity index (χ4n) is 2.03. The summed E-state index contributed by atoms with van der Waals surface area (Å²) in [5.74, 6) is 0.651. The van der Waals surface area contributed by atoms with E-state index in [2.05, 4.69) is 16.4 Å². The molecule has 2 aromatic rings. The highest BCUT2D eigenvalue weighted by atomic mass is 16.6. The van der Waals surface area contributed by atoms with Crippen molar-refractivity contribution in [2.24, 2.45) is 0 Å². The third kappa shape index (κ3) is 4.00. The Kier molecular flexibility index (Phi) is 4.84. The molecule has 0 aliphatic carbocycles. The van der Waals surface area contributed by atoms with Crippen LogP contribution in [0.15, 0.2) is 36.5 Å². The molecule has 1 N–H and O–H groups in total. The molecular formula is C15H17N3O3. The number of nitrogens with one attached hydrogen (secondary N) is 1. The molecule has 0 saturated heterocycles. The van der Waals surface area contributed by atoms with Crippen LogP contribution in [0.25, 0.3) is 0 Å². The van der Waals surface area contributed by atoms with Gasteiger partial charge in [0, 0.05) is 19.7 Å². The van der Waals surface area contributed by atoms with Crippen LogP contribution in [0.1, 0.15) is 16.7 Å². The molecule has 0 fully saturated rings. The van der Waals surface area contributed by atoms with Gasteiger partial charge in [-0.15, -0.1) is 0 Å². The summed E-state index contributed by atoms with van der Waals surface area (Å²) in [6, 6.07) is 9.55. The summed E-state index contributed by atoms with van der Waals surface area (Å²) >= 11 is 0. The second-order valence-electron chi connectivity index (χ2n) is 4.72. The van der Waals surface area contributed by atoms with Crippen LogP contribution < -0.4 is 5.32 Å². The molecule has 6 heteroatoms. The highest BCUT2D eigenvalue weighted by molar-refractivity contribution is 5.48. The van der Waals surface area contributed by atoms with E-state index in [0.717, 1.165) is 16.7 Å². The van der Waals surface area contributed by atoms with E-state index in [0.29, 0.717) is 19.0 Å². The van der Waals surface area contributed by atoms with Gasteiger partial charge in [-0.2, -0.15) is 0 Å². The van der Waals surface area contributed by atoms with Gasteiger partial charge in [-0.25, -0.2) is 4.98 Å². The molecule has 21 heavy (non-hydrogen) atoms. The van der Waals surface area contributed by atoms with Crippen LogP contribution in [0.4, 0.5) is 11.5 Å². The Morgan fingerprint density at radius 1 is 1.33 bits per heavy atom. The first-order chi connectivity index (χ1) is 10.1. The van der Waals surface area contributed by atoms with Gasteiger partial charge in [-0.05, 0) is 23.6 Å². The summed E-state index contributed by atoms with van der Waals surface area (Å²) < 4.78 is 5.10. The van der Waals surface area contributed by atoms with Crippen molar-refractivity contribution < 1.29 is 9.66 Å². The molecule has 0 atom stereocenters. The molecule has 0 saturated carbocycles. The average molecular weight is 287 g/mol. The van der Waals surface area contributed by atoms with Gasteiger partial charge in [-0.1, -0.05) is 24.3 Å². The van der Waals surface area contributed by atoms with E-state index in [9.17, 15) is 10.1 Å². The molecule has 0 amide bonds.